The number of benzene rings is 1. The van der Waals surface area contributed by atoms with E-state index >= 15 is 0 Å². The molecule has 3 rings (SSSR count). The third kappa shape index (κ3) is 2.95. The summed E-state index contributed by atoms with van der Waals surface area (Å²) in [6, 6.07) is 3.38. The van der Waals surface area contributed by atoms with Crippen molar-refractivity contribution in [1.82, 2.24) is 10.3 Å². The van der Waals surface area contributed by atoms with Gasteiger partial charge in [0.1, 0.15) is 5.01 Å². The minimum absolute atomic E-state index is 0.223. The first kappa shape index (κ1) is 14.1. The number of amides is 1. The largest absolute Gasteiger partial charge is 0.342 e. The molecular formula is C15H14F2N2OS. The topological polar surface area (TPSA) is 42.0 Å². The monoisotopic (exact) mass is 308 g/mol. The summed E-state index contributed by atoms with van der Waals surface area (Å²) in [4.78, 5) is 16.6. The van der Waals surface area contributed by atoms with Gasteiger partial charge in [0.2, 0.25) is 0 Å². The maximum atomic E-state index is 13.7. The molecule has 0 unspecified atom stereocenters. The van der Waals surface area contributed by atoms with E-state index in [1.54, 1.807) is 0 Å². The maximum absolute atomic E-state index is 13.7. The second-order valence-electron chi connectivity index (χ2n) is 5.22. The lowest BCUT2D eigenvalue weighted by Crippen LogP contribution is -2.30. The number of carbonyl (C=O) groups is 1. The van der Waals surface area contributed by atoms with E-state index in [0.717, 1.165) is 29.6 Å². The summed E-state index contributed by atoms with van der Waals surface area (Å²) >= 11 is 1.48. The summed E-state index contributed by atoms with van der Waals surface area (Å²) in [5, 5.41) is 5.53. The predicted octanol–water partition coefficient (Wildman–Crippen LogP) is 3.61. The zero-order chi connectivity index (χ0) is 15.0. The second kappa shape index (κ2) is 5.52. The van der Waals surface area contributed by atoms with Crippen molar-refractivity contribution in [2.24, 2.45) is 5.92 Å². The van der Waals surface area contributed by atoms with E-state index in [0.29, 0.717) is 5.92 Å². The molecule has 0 spiro atoms. The molecule has 1 aromatic carbocycles. The summed E-state index contributed by atoms with van der Waals surface area (Å²) in [6.45, 7) is 1.89. The molecule has 1 N–H and O–H groups in total. The van der Waals surface area contributed by atoms with Crippen molar-refractivity contribution in [3.63, 3.8) is 0 Å². The van der Waals surface area contributed by atoms with Crippen LogP contribution in [0, 0.1) is 24.5 Å². The predicted molar refractivity (Wildman–Crippen MR) is 76.1 cm³/mol. The highest BCUT2D eigenvalue weighted by Crippen LogP contribution is 2.42. The van der Waals surface area contributed by atoms with Crippen molar-refractivity contribution in [2.75, 3.05) is 0 Å². The van der Waals surface area contributed by atoms with E-state index < -0.39 is 17.5 Å². The van der Waals surface area contributed by atoms with Gasteiger partial charge in [-0.15, -0.1) is 11.3 Å². The molecule has 3 nitrogen and oxygen atoms in total. The SMILES string of the molecule is Cc1csc([C@H](NC(=O)c2cccc(F)c2F)C2CC2)n1. The number of nitrogens with one attached hydrogen (secondary N) is 1. The number of halogens is 2. The Morgan fingerprint density at radius 2 is 2.19 bits per heavy atom. The van der Waals surface area contributed by atoms with Crippen LogP contribution >= 0.6 is 11.3 Å². The molecule has 0 bridgehead atoms. The quantitative estimate of drug-likeness (QED) is 0.937. The van der Waals surface area contributed by atoms with E-state index in [4.69, 9.17) is 0 Å². The molecule has 1 heterocycles. The van der Waals surface area contributed by atoms with Crippen molar-refractivity contribution >= 4 is 17.2 Å². The van der Waals surface area contributed by atoms with Crippen molar-refractivity contribution < 1.29 is 13.6 Å². The highest BCUT2D eigenvalue weighted by molar-refractivity contribution is 7.09. The molecule has 0 aliphatic heterocycles. The summed E-state index contributed by atoms with van der Waals surface area (Å²) < 4.78 is 26.9. The fourth-order valence-corrected chi connectivity index (χ4v) is 3.16. The number of carbonyl (C=O) groups excluding carboxylic acids is 1. The van der Waals surface area contributed by atoms with Crippen molar-refractivity contribution in [1.29, 1.82) is 0 Å². The number of thiazole rings is 1. The highest BCUT2D eigenvalue weighted by Gasteiger charge is 2.35. The van der Waals surface area contributed by atoms with Gasteiger partial charge in [-0.25, -0.2) is 13.8 Å². The number of hydrogen-bond donors (Lipinski definition) is 1. The van der Waals surface area contributed by atoms with E-state index in [1.807, 2.05) is 12.3 Å². The highest BCUT2D eigenvalue weighted by atomic mass is 32.1. The standard InChI is InChI=1S/C15H14F2N2OS/c1-8-7-21-15(18-8)13(9-5-6-9)19-14(20)10-3-2-4-11(16)12(10)17/h2-4,7,9,13H,5-6H2,1H3,(H,19,20)/t13-/m1/s1. The molecule has 1 atom stereocenters. The van der Waals surface area contributed by atoms with Gasteiger partial charge < -0.3 is 5.32 Å². The Bertz CT molecular complexity index is 682. The normalized spacial score (nSPS) is 15.8. The fraction of sp³-hybridized carbons (Fsp3) is 0.333. The molecule has 1 aromatic heterocycles. The van der Waals surface area contributed by atoms with Crippen LogP contribution in [0.15, 0.2) is 23.6 Å². The number of aryl methyl sites for hydroxylation is 1. The van der Waals surface area contributed by atoms with Crippen LogP contribution in [0.1, 0.15) is 39.9 Å². The minimum Gasteiger partial charge on any atom is -0.342 e. The van der Waals surface area contributed by atoms with Gasteiger partial charge in [0.25, 0.3) is 5.91 Å². The third-order valence-corrected chi connectivity index (χ3v) is 4.52. The van der Waals surface area contributed by atoms with Crippen molar-refractivity contribution in [3.8, 4) is 0 Å². The molecular weight excluding hydrogens is 294 g/mol. The Labute approximate surface area is 125 Å². The Morgan fingerprint density at radius 3 is 2.81 bits per heavy atom. The van der Waals surface area contributed by atoms with Gasteiger partial charge in [0.05, 0.1) is 11.6 Å². The fourth-order valence-electron chi connectivity index (χ4n) is 2.22. The first-order valence-corrected chi connectivity index (χ1v) is 7.61. The molecule has 21 heavy (non-hydrogen) atoms. The zero-order valence-electron chi connectivity index (χ0n) is 11.4. The van der Waals surface area contributed by atoms with Gasteiger partial charge in [-0.1, -0.05) is 6.07 Å². The lowest BCUT2D eigenvalue weighted by atomic mass is 10.1. The number of aromatic nitrogens is 1. The van der Waals surface area contributed by atoms with Crippen LogP contribution in [-0.4, -0.2) is 10.9 Å². The molecule has 2 aromatic rings. The Kier molecular flexibility index (Phi) is 3.71. The molecule has 0 saturated heterocycles. The Balaban J connectivity index is 1.83. The van der Waals surface area contributed by atoms with E-state index in [9.17, 15) is 13.6 Å². The van der Waals surface area contributed by atoms with Gasteiger partial charge in [-0.05, 0) is 37.8 Å². The number of hydrogen-bond acceptors (Lipinski definition) is 3. The molecule has 6 heteroatoms. The van der Waals surface area contributed by atoms with Crippen LogP contribution in [0.4, 0.5) is 8.78 Å². The van der Waals surface area contributed by atoms with Crippen LogP contribution in [0.2, 0.25) is 0 Å². The van der Waals surface area contributed by atoms with Crippen molar-refractivity contribution in [2.45, 2.75) is 25.8 Å². The first-order chi connectivity index (χ1) is 10.1. The summed E-state index contributed by atoms with van der Waals surface area (Å²) in [5.74, 6) is -2.40. The lowest BCUT2D eigenvalue weighted by molar-refractivity contribution is 0.0926. The summed E-state index contributed by atoms with van der Waals surface area (Å²) in [7, 11) is 0. The molecule has 0 radical (unpaired) electrons. The van der Waals surface area contributed by atoms with Gasteiger partial charge in [0.15, 0.2) is 11.6 Å². The molecule has 110 valence electrons. The van der Waals surface area contributed by atoms with Crippen LogP contribution in [0.5, 0.6) is 0 Å². The van der Waals surface area contributed by atoms with Gasteiger partial charge >= 0.3 is 0 Å². The maximum Gasteiger partial charge on any atom is 0.254 e. The number of nitrogens with zero attached hydrogens (tertiary/aromatic N) is 1. The lowest BCUT2D eigenvalue weighted by Gasteiger charge is -2.16. The second-order valence-corrected chi connectivity index (χ2v) is 6.11. The average molecular weight is 308 g/mol. The molecule has 1 amide bonds. The molecule has 1 saturated carbocycles. The van der Waals surface area contributed by atoms with Crippen LogP contribution in [-0.2, 0) is 0 Å². The van der Waals surface area contributed by atoms with E-state index in [2.05, 4.69) is 10.3 Å². The Morgan fingerprint density at radius 1 is 1.43 bits per heavy atom. The average Bonchev–Trinajstić information content (AvgIpc) is 3.20. The van der Waals surface area contributed by atoms with Gasteiger partial charge in [-0.3, -0.25) is 4.79 Å². The third-order valence-electron chi connectivity index (χ3n) is 3.48. The van der Waals surface area contributed by atoms with Crippen molar-refractivity contribution in [3.05, 3.63) is 51.5 Å². The first-order valence-electron chi connectivity index (χ1n) is 6.73. The minimum atomic E-state index is -1.11. The van der Waals surface area contributed by atoms with Gasteiger partial charge in [-0.2, -0.15) is 0 Å². The number of rotatable bonds is 4. The Hall–Kier alpha value is -1.82. The molecule has 1 aliphatic rings. The summed E-state index contributed by atoms with van der Waals surface area (Å²) in [5.41, 5.74) is 0.626. The van der Waals surface area contributed by atoms with E-state index in [-0.39, 0.29) is 11.6 Å². The van der Waals surface area contributed by atoms with Crippen LogP contribution in [0.25, 0.3) is 0 Å². The molecule has 1 aliphatic carbocycles. The van der Waals surface area contributed by atoms with Gasteiger partial charge in [0, 0.05) is 11.1 Å². The zero-order valence-corrected chi connectivity index (χ0v) is 12.2. The molecule has 1 fully saturated rings. The summed E-state index contributed by atoms with van der Waals surface area (Å²) in [6.07, 6.45) is 2.02. The smallest absolute Gasteiger partial charge is 0.254 e. The van der Waals surface area contributed by atoms with Crippen LogP contribution < -0.4 is 5.32 Å². The van der Waals surface area contributed by atoms with Crippen LogP contribution in [0.3, 0.4) is 0 Å². The van der Waals surface area contributed by atoms with E-state index in [1.165, 1.54) is 23.5 Å².